The second kappa shape index (κ2) is 5.81. The van der Waals surface area contributed by atoms with Crippen LogP contribution >= 0.6 is 0 Å². The van der Waals surface area contributed by atoms with Crippen LogP contribution in [0.3, 0.4) is 0 Å². The number of aromatic nitrogens is 1. The first kappa shape index (κ1) is 15.8. The molecular formula is C21H16N2O4. The molecule has 1 aliphatic carbocycles. The van der Waals surface area contributed by atoms with E-state index in [4.69, 9.17) is 4.84 Å². The molecule has 0 saturated carbocycles. The molecule has 0 atom stereocenters. The summed E-state index contributed by atoms with van der Waals surface area (Å²) in [5.74, 6) is -1.97. The predicted molar refractivity (Wildman–Crippen MR) is 97.3 cm³/mol. The Bertz CT molecular complexity index is 1090. The molecule has 0 spiro atoms. The average molecular weight is 360 g/mol. The topological polar surface area (TPSA) is 79.5 Å². The van der Waals surface area contributed by atoms with Gasteiger partial charge in [0, 0.05) is 11.1 Å². The Kier molecular flexibility index (Phi) is 3.40. The minimum absolute atomic E-state index is 0.240. The number of aromatic amines is 1. The lowest BCUT2D eigenvalue weighted by Crippen LogP contribution is -2.32. The number of carbonyl (C=O) groups excluding carboxylic acids is 3. The van der Waals surface area contributed by atoms with Gasteiger partial charge >= 0.3 is 5.97 Å². The monoisotopic (exact) mass is 360 g/mol. The van der Waals surface area contributed by atoms with E-state index in [2.05, 4.69) is 4.98 Å². The van der Waals surface area contributed by atoms with E-state index in [9.17, 15) is 14.4 Å². The SMILES string of the molecule is O=C(ON1C(=O)c2ccccc2C1=O)c1cccc2c3c([nH]c12)CCCC3. The summed E-state index contributed by atoms with van der Waals surface area (Å²) in [7, 11) is 0. The Labute approximate surface area is 154 Å². The minimum Gasteiger partial charge on any atom is -0.357 e. The molecule has 6 heteroatoms. The third kappa shape index (κ3) is 2.30. The summed E-state index contributed by atoms with van der Waals surface area (Å²) in [6.07, 6.45) is 4.18. The molecule has 0 fully saturated rings. The number of hydrogen-bond donors (Lipinski definition) is 1. The molecule has 0 unspecified atom stereocenters. The highest BCUT2D eigenvalue weighted by Gasteiger charge is 2.39. The van der Waals surface area contributed by atoms with Crippen LogP contribution < -0.4 is 0 Å². The van der Waals surface area contributed by atoms with Gasteiger partial charge in [-0.15, -0.1) is 0 Å². The molecule has 0 bridgehead atoms. The number of hydroxylamine groups is 2. The summed E-state index contributed by atoms with van der Waals surface area (Å²) in [6.45, 7) is 0. The maximum Gasteiger partial charge on any atom is 0.366 e. The Hall–Kier alpha value is -3.41. The molecule has 3 aromatic rings. The number of nitrogens with one attached hydrogen (secondary N) is 1. The van der Waals surface area contributed by atoms with E-state index in [1.54, 1.807) is 36.4 Å². The predicted octanol–water partition coefficient (Wildman–Crippen LogP) is 3.41. The fourth-order valence-corrected chi connectivity index (χ4v) is 3.98. The molecule has 0 radical (unpaired) electrons. The fourth-order valence-electron chi connectivity index (χ4n) is 3.98. The lowest BCUT2D eigenvalue weighted by molar-refractivity contribution is -0.0583. The first-order valence-corrected chi connectivity index (χ1v) is 8.97. The third-order valence-electron chi connectivity index (χ3n) is 5.28. The number of nitrogens with zero attached hydrogens (tertiary/aromatic N) is 1. The number of aryl methyl sites for hydroxylation is 2. The summed E-state index contributed by atoms with van der Waals surface area (Å²) >= 11 is 0. The Morgan fingerprint density at radius 1 is 0.926 bits per heavy atom. The standard InChI is InChI=1S/C21H16N2O4/c24-19-14-7-1-2-8-15(14)20(25)23(19)27-21(26)16-10-5-9-13-12-6-3-4-11-17(12)22-18(13)16/h1-2,5,7-10,22H,3-4,6,11H2. The van der Waals surface area contributed by atoms with E-state index in [1.165, 1.54) is 5.56 Å². The molecule has 27 heavy (non-hydrogen) atoms. The zero-order valence-electron chi connectivity index (χ0n) is 14.5. The second-order valence-corrected chi connectivity index (χ2v) is 6.85. The summed E-state index contributed by atoms with van der Waals surface area (Å²) < 4.78 is 0. The minimum atomic E-state index is -0.728. The summed E-state index contributed by atoms with van der Waals surface area (Å²) in [4.78, 5) is 46.2. The van der Waals surface area contributed by atoms with Gasteiger partial charge in [-0.2, -0.15) is 0 Å². The number of amides is 2. The van der Waals surface area contributed by atoms with Gasteiger partial charge < -0.3 is 9.82 Å². The van der Waals surface area contributed by atoms with Gasteiger partial charge in [0.1, 0.15) is 0 Å². The van der Waals surface area contributed by atoms with Gasteiger partial charge in [0.2, 0.25) is 0 Å². The van der Waals surface area contributed by atoms with Gasteiger partial charge in [-0.3, -0.25) is 9.59 Å². The van der Waals surface area contributed by atoms with E-state index < -0.39 is 17.8 Å². The van der Waals surface area contributed by atoms with E-state index >= 15 is 0 Å². The van der Waals surface area contributed by atoms with Gasteiger partial charge in [-0.25, -0.2) is 4.79 Å². The van der Waals surface area contributed by atoms with Crippen molar-refractivity contribution in [2.45, 2.75) is 25.7 Å². The van der Waals surface area contributed by atoms with E-state index in [0.29, 0.717) is 16.1 Å². The quantitative estimate of drug-likeness (QED) is 0.710. The molecule has 1 aromatic heterocycles. The Morgan fingerprint density at radius 2 is 1.63 bits per heavy atom. The highest BCUT2D eigenvalue weighted by Crippen LogP contribution is 2.31. The average Bonchev–Trinajstić information content (AvgIpc) is 3.19. The molecule has 1 N–H and O–H groups in total. The highest BCUT2D eigenvalue weighted by molar-refractivity contribution is 6.21. The first-order chi connectivity index (χ1) is 13.1. The number of carbonyl (C=O) groups is 3. The highest BCUT2D eigenvalue weighted by atomic mass is 16.7. The second-order valence-electron chi connectivity index (χ2n) is 6.85. The molecule has 2 aliphatic rings. The first-order valence-electron chi connectivity index (χ1n) is 8.97. The zero-order valence-corrected chi connectivity index (χ0v) is 14.5. The molecule has 0 saturated heterocycles. The van der Waals surface area contributed by atoms with Crippen LogP contribution in [0.5, 0.6) is 0 Å². The van der Waals surface area contributed by atoms with Gasteiger partial charge in [-0.1, -0.05) is 29.3 Å². The molecule has 134 valence electrons. The van der Waals surface area contributed by atoms with Crippen LogP contribution in [0.25, 0.3) is 10.9 Å². The number of benzene rings is 2. The molecule has 6 nitrogen and oxygen atoms in total. The molecular weight excluding hydrogens is 344 g/mol. The van der Waals surface area contributed by atoms with Gasteiger partial charge in [0.15, 0.2) is 0 Å². The normalized spacial score (nSPS) is 15.8. The van der Waals surface area contributed by atoms with Crippen LogP contribution in [-0.4, -0.2) is 27.8 Å². The lowest BCUT2D eigenvalue weighted by Gasteiger charge is -2.13. The van der Waals surface area contributed by atoms with Crippen LogP contribution in [0, 0.1) is 0 Å². The number of para-hydroxylation sites is 1. The van der Waals surface area contributed by atoms with Crippen LogP contribution in [0.1, 0.15) is 55.2 Å². The van der Waals surface area contributed by atoms with Crippen molar-refractivity contribution in [2.24, 2.45) is 0 Å². The van der Waals surface area contributed by atoms with Crippen molar-refractivity contribution in [3.8, 4) is 0 Å². The third-order valence-corrected chi connectivity index (χ3v) is 5.28. The molecule has 2 heterocycles. The molecule has 2 amide bonds. The number of imide groups is 1. The van der Waals surface area contributed by atoms with Crippen molar-refractivity contribution in [1.29, 1.82) is 0 Å². The number of H-pyrrole nitrogens is 1. The Morgan fingerprint density at radius 3 is 2.37 bits per heavy atom. The molecule has 1 aliphatic heterocycles. The Balaban J connectivity index is 1.50. The number of hydrogen-bond acceptors (Lipinski definition) is 4. The molecule has 2 aromatic carbocycles. The number of rotatable bonds is 2. The summed E-state index contributed by atoms with van der Waals surface area (Å²) in [5, 5.41) is 1.55. The fraction of sp³-hybridized carbons (Fsp3) is 0.190. The number of fused-ring (bicyclic) bond motifs is 4. The van der Waals surface area contributed by atoms with Crippen LogP contribution in [0.2, 0.25) is 0 Å². The van der Waals surface area contributed by atoms with Crippen molar-refractivity contribution in [1.82, 2.24) is 10.0 Å². The van der Waals surface area contributed by atoms with Crippen molar-refractivity contribution < 1.29 is 19.2 Å². The van der Waals surface area contributed by atoms with Crippen molar-refractivity contribution in [3.05, 3.63) is 70.4 Å². The van der Waals surface area contributed by atoms with Gasteiger partial charge in [0.25, 0.3) is 11.8 Å². The maximum absolute atomic E-state index is 12.8. The summed E-state index contributed by atoms with van der Waals surface area (Å²) in [6, 6.07) is 11.8. The van der Waals surface area contributed by atoms with Crippen LogP contribution in [0.15, 0.2) is 42.5 Å². The van der Waals surface area contributed by atoms with Crippen LogP contribution in [0.4, 0.5) is 0 Å². The van der Waals surface area contributed by atoms with E-state index in [1.807, 2.05) is 6.07 Å². The van der Waals surface area contributed by atoms with E-state index in [0.717, 1.165) is 36.8 Å². The van der Waals surface area contributed by atoms with Crippen molar-refractivity contribution in [3.63, 3.8) is 0 Å². The van der Waals surface area contributed by atoms with Crippen molar-refractivity contribution in [2.75, 3.05) is 0 Å². The van der Waals surface area contributed by atoms with E-state index in [-0.39, 0.29) is 11.1 Å². The summed E-state index contributed by atoms with van der Waals surface area (Å²) in [5.41, 5.74) is 3.89. The zero-order chi connectivity index (χ0) is 18.5. The largest absolute Gasteiger partial charge is 0.366 e. The molecule has 5 rings (SSSR count). The maximum atomic E-state index is 12.8. The van der Waals surface area contributed by atoms with Crippen LogP contribution in [-0.2, 0) is 17.7 Å². The van der Waals surface area contributed by atoms with Crippen molar-refractivity contribution >= 4 is 28.7 Å². The lowest BCUT2D eigenvalue weighted by atomic mass is 9.95. The smallest absolute Gasteiger partial charge is 0.357 e. The van der Waals surface area contributed by atoms with Gasteiger partial charge in [0.05, 0.1) is 22.2 Å². The van der Waals surface area contributed by atoms with Gasteiger partial charge in [-0.05, 0) is 49.4 Å².